The number of carbonyl (C=O) groups excluding carboxylic acids is 1. The fourth-order valence-electron chi connectivity index (χ4n) is 3.08. The zero-order valence-corrected chi connectivity index (χ0v) is 16.2. The summed E-state index contributed by atoms with van der Waals surface area (Å²) in [5, 5.41) is 13.0. The number of anilines is 1. The standard InChI is InChI=1S/C20H21N5OS/c1-14-7-9-16(10-8-14)20-21-23-25(22-20)13-19(26)24-12-11-15(2)27-18-6-4-3-5-17(18)24/h3-10,15H,11-13H2,1-2H3/t15-/m0/s1. The lowest BCUT2D eigenvalue weighted by Gasteiger charge is -2.22. The van der Waals surface area contributed by atoms with Crippen LogP contribution in [0.5, 0.6) is 0 Å². The molecule has 1 aliphatic heterocycles. The van der Waals surface area contributed by atoms with Crippen molar-refractivity contribution in [3.63, 3.8) is 0 Å². The Morgan fingerprint density at radius 3 is 2.78 bits per heavy atom. The first-order valence-corrected chi connectivity index (χ1v) is 9.89. The van der Waals surface area contributed by atoms with Crippen molar-refractivity contribution in [2.24, 2.45) is 0 Å². The predicted molar refractivity (Wildman–Crippen MR) is 107 cm³/mol. The molecule has 6 nitrogen and oxygen atoms in total. The van der Waals surface area contributed by atoms with Gasteiger partial charge in [-0.1, -0.05) is 48.9 Å². The number of thioether (sulfide) groups is 1. The molecule has 0 fully saturated rings. The lowest BCUT2D eigenvalue weighted by atomic mass is 10.1. The van der Waals surface area contributed by atoms with E-state index in [4.69, 9.17) is 0 Å². The third kappa shape index (κ3) is 3.88. The third-order valence-electron chi connectivity index (χ3n) is 4.58. The van der Waals surface area contributed by atoms with Gasteiger partial charge in [-0.15, -0.1) is 22.0 Å². The highest BCUT2D eigenvalue weighted by atomic mass is 32.2. The van der Waals surface area contributed by atoms with Crippen LogP contribution in [0.2, 0.25) is 0 Å². The van der Waals surface area contributed by atoms with E-state index in [1.54, 1.807) is 0 Å². The molecule has 0 radical (unpaired) electrons. The zero-order chi connectivity index (χ0) is 18.8. The summed E-state index contributed by atoms with van der Waals surface area (Å²) in [6.07, 6.45) is 0.949. The normalized spacial score (nSPS) is 16.7. The van der Waals surface area contributed by atoms with E-state index in [1.807, 2.05) is 66.1 Å². The second-order valence-corrected chi connectivity index (χ2v) is 8.22. The Balaban J connectivity index is 1.53. The summed E-state index contributed by atoms with van der Waals surface area (Å²) in [6, 6.07) is 16.0. The Morgan fingerprint density at radius 1 is 1.19 bits per heavy atom. The van der Waals surface area contributed by atoms with Crippen LogP contribution < -0.4 is 4.90 Å². The van der Waals surface area contributed by atoms with Crippen LogP contribution in [-0.4, -0.2) is 37.9 Å². The number of aryl methyl sites for hydroxylation is 1. The van der Waals surface area contributed by atoms with Crippen molar-refractivity contribution < 1.29 is 4.79 Å². The quantitative estimate of drug-likeness (QED) is 0.696. The summed E-state index contributed by atoms with van der Waals surface area (Å²) >= 11 is 1.82. The highest BCUT2D eigenvalue weighted by molar-refractivity contribution is 8.00. The van der Waals surface area contributed by atoms with Crippen LogP contribution in [0.15, 0.2) is 53.4 Å². The molecule has 1 atom stereocenters. The smallest absolute Gasteiger partial charge is 0.250 e. The van der Waals surface area contributed by atoms with Gasteiger partial charge >= 0.3 is 0 Å². The van der Waals surface area contributed by atoms with Crippen molar-refractivity contribution in [1.82, 2.24) is 20.2 Å². The van der Waals surface area contributed by atoms with Gasteiger partial charge in [0.25, 0.3) is 5.91 Å². The first-order chi connectivity index (χ1) is 13.1. The molecule has 2 aromatic carbocycles. The molecule has 2 heterocycles. The van der Waals surface area contributed by atoms with E-state index in [0.717, 1.165) is 22.6 Å². The molecule has 0 bridgehead atoms. The van der Waals surface area contributed by atoms with Gasteiger partial charge in [0.2, 0.25) is 5.82 Å². The number of para-hydroxylation sites is 1. The number of nitrogens with zero attached hydrogens (tertiary/aromatic N) is 5. The molecule has 1 amide bonds. The van der Waals surface area contributed by atoms with Crippen LogP contribution in [0.1, 0.15) is 18.9 Å². The van der Waals surface area contributed by atoms with E-state index in [2.05, 4.69) is 28.4 Å². The summed E-state index contributed by atoms with van der Waals surface area (Å²) in [4.78, 5) is 17.3. The molecule has 3 aromatic rings. The molecule has 0 N–H and O–H groups in total. The fourth-order valence-corrected chi connectivity index (χ4v) is 4.19. The number of carbonyl (C=O) groups is 1. The van der Waals surface area contributed by atoms with E-state index in [1.165, 1.54) is 10.4 Å². The Morgan fingerprint density at radius 2 is 1.96 bits per heavy atom. The van der Waals surface area contributed by atoms with Crippen molar-refractivity contribution in [2.75, 3.05) is 11.4 Å². The van der Waals surface area contributed by atoms with E-state index in [9.17, 15) is 4.79 Å². The average Bonchev–Trinajstić information content (AvgIpc) is 3.04. The lowest BCUT2D eigenvalue weighted by Crippen LogP contribution is -2.35. The number of hydrogen-bond acceptors (Lipinski definition) is 5. The van der Waals surface area contributed by atoms with E-state index < -0.39 is 0 Å². The second-order valence-electron chi connectivity index (χ2n) is 6.74. The molecule has 27 heavy (non-hydrogen) atoms. The average molecular weight is 379 g/mol. The van der Waals surface area contributed by atoms with Crippen LogP contribution in [0.25, 0.3) is 11.4 Å². The van der Waals surface area contributed by atoms with Gasteiger partial charge in [0.15, 0.2) is 0 Å². The highest BCUT2D eigenvalue weighted by Crippen LogP contribution is 2.37. The third-order valence-corrected chi connectivity index (χ3v) is 5.82. The SMILES string of the molecule is Cc1ccc(-c2nnn(CC(=O)N3CC[C@H](C)Sc4ccccc43)n2)cc1. The molecule has 0 unspecified atom stereocenters. The molecular formula is C20H21N5OS. The molecule has 0 spiro atoms. The van der Waals surface area contributed by atoms with Crippen LogP contribution in [-0.2, 0) is 11.3 Å². The number of hydrogen-bond donors (Lipinski definition) is 0. The number of benzene rings is 2. The minimum absolute atomic E-state index is 0.0231. The summed E-state index contributed by atoms with van der Waals surface area (Å²) in [7, 11) is 0. The maximum atomic E-state index is 13.0. The molecule has 0 saturated carbocycles. The Bertz CT molecular complexity index is 953. The molecule has 138 valence electrons. The van der Waals surface area contributed by atoms with Gasteiger partial charge < -0.3 is 4.90 Å². The minimum atomic E-state index is -0.0231. The van der Waals surface area contributed by atoms with Crippen LogP contribution in [0, 0.1) is 6.92 Å². The first kappa shape index (κ1) is 17.7. The monoisotopic (exact) mass is 379 g/mol. The topological polar surface area (TPSA) is 63.9 Å². The maximum absolute atomic E-state index is 13.0. The molecular weight excluding hydrogens is 358 g/mol. The van der Waals surface area contributed by atoms with Crippen molar-refractivity contribution >= 4 is 23.4 Å². The molecule has 1 aromatic heterocycles. The van der Waals surface area contributed by atoms with Gasteiger partial charge in [-0.05, 0) is 30.7 Å². The van der Waals surface area contributed by atoms with Gasteiger partial charge in [0.1, 0.15) is 6.54 Å². The minimum Gasteiger partial charge on any atom is -0.310 e. The zero-order valence-electron chi connectivity index (χ0n) is 15.4. The molecule has 1 aliphatic rings. The van der Waals surface area contributed by atoms with Crippen LogP contribution >= 0.6 is 11.8 Å². The van der Waals surface area contributed by atoms with Gasteiger partial charge in [-0.2, -0.15) is 4.80 Å². The summed E-state index contributed by atoms with van der Waals surface area (Å²) < 4.78 is 0. The Hall–Kier alpha value is -2.67. The summed E-state index contributed by atoms with van der Waals surface area (Å²) in [5.74, 6) is 0.508. The number of amides is 1. The second kappa shape index (κ2) is 7.52. The molecule has 4 rings (SSSR count). The fraction of sp³-hybridized carbons (Fsp3) is 0.300. The van der Waals surface area contributed by atoms with Gasteiger partial charge in [0.05, 0.1) is 5.69 Å². The van der Waals surface area contributed by atoms with Gasteiger partial charge in [0, 0.05) is 22.3 Å². The van der Waals surface area contributed by atoms with Gasteiger partial charge in [-0.25, -0.2) is 0 Å². The number of fused-ring (bicyclic) bond motifs is 1. The van der Waals surface area contributed by atoms with Crippen LogP contribution in [0.4, 0.5) is 5.69 Å². The van der Waals surface area contributed by atoms with Gasteiger partial charge in [-0.3, -0.25) is 4.79 Å². The lowest BCUT2D eigenvalue weighted by molar-refractivity contribution is -0.119. The van der Waals surface area contributed by atoms with Crippen LogP contribution in [0.3, 0.4) is 0 Å². The number of rotatable bonds is 3. The Labute approximate surface area is 162 Å². The summed E-state index contributed by atoms with van der Waals surface area (Å²) in [5.41, 5.74) is 3.04. The van der Waals surface area contributed by atoms with Crippen molar-refractivity contribution in [2.45, 2.75) is 37.0 Å². The Kier molecular flexibility index (Phi) is 4.94. The largest absolute Gasteiger partial charge is 0.310 e. The van der Waals surface area contributed by atoms with E-state index >= 15 is 0 Å². The molecule has 0 saturated heterocycles. The van der Waals surface area contributed by atoms with Crippen molar-refractivity contribution in [3.8, 4) is 11.4 Å². The highest BCUT2D eigenvalue weighted by Gasteiger charge is 2.24. The van der Waals surface area contributed by atoms with E-state index in [-0.39, 0.29) is 12.5 Å². The van der Waals surface area contributed by atoms with Crippen molar-refractivity contribution in [3.05, 3.63) is 54.1 Å². The number of tetrazole rings is 1. The first-order valence-electron chi connectivity index (χ1n) is 9.01. The van der Waals surface area contributed by atoms with Crippen molar-refractivity contribution in [1.29, 1.82) is 0 Å². The molecule has 0 aliphatic carbocycles. The van der Waals surface area contributed by atoms with E-state index in [0.29, 0.717) is 17.6 Å². The molecule has 7 heteroatoms. The summed E-state index contributed by atoms with van der Waals surface area (Å²) in [6.45, 7) is 5.00. The predicted octanol–water partition coefficient (Wildman–Crippen LogP) is 3.57. The maximum Gasteiger partial charge on any atom is 0.250 e. The number of aromatic nitrogens is 4.